The Morgan fingerprint density at radius 1 is 1.05 bits per heavy atom. The van der Waals surface area contributed by atoms with Crippen LogP contribution in [-0.4, -0.2) is 6.61 Å². The van der Waals surface area contributed by atoms with Crippen molar-refractivity contribution in [3.05, 3.63) is 65.9 Å². The van der Waals surface area contributed by atoms with E-state index in [4.69, 9.17) is 9.15 Å². The highest BCUT2D eigenvalue weighted by atomic mass is 16.5. The van der Waals surface area contributed by atoms with Gasteiger partial charge in [-0.2, -0.15) is 0 Å². The summed E-state index contributed by atoms with van der Waals surface area (Å²) in [6.45, 7) is 1.47. The van der Waals surface area contributed by atoms with E-state index in [1.807, 2.05) is 36.6 Å². The first-order valence-electron chi connectivity index (χ1n) is 6.82. The van der Waals surface area contributed by atoms with E-state index >= 15 is 0 Å². The van der Waals surface area contributed by atoms with Gasteiger partial charge in [0.2, 0.25) is 0 Å². The normalized spacial score (nSPS) is 17.1. The summed E-state index contributed by atoms with van der Waals surface area (Å²) in [5.74, 6) is 0.988. The molecular weight excluding hydrogens is 250 g/mol. The molecule has 1 unspecified atom stereocenters. The van der Waals surface area contributed by atoms with Gasteiger partial charge in [-0.3, -0.25) is 0 Å². The number of benzene rings is 2. The molecule has 4 rings (SSSR count). The Kier molecular flexibility index (Phi) is 2.71. The SMILES string of the molecule is c1ccc2c(c1)OCC2NCc1coc2ccccc12. The number of hydrogen-bond donors (Lipinski definition) is 1. The smallest absolute Gasteiger partial charge is 0.134 e. The zero-order valence-corrected chi connectivity index (χ0v) is 11.0. The summed E-state index contributed by atoms with van der Waals surface area (Å²) in [7, 11) is 0. The second kappa shape index (κ2) is 4.69. The molecule has 1 aliphatic heterocycles. The number of nitrogens with one attached hydrogen (secondary N) is 1. The molecule has 0 spiro atoms. The number of fused-ring (bicyclic) bond motifs is 2. The van der Waals surface area contributed by atoms with Gasteiger partial charge in [0.05, 0.1) is 12.3 Å². The highest BCUT2D eigenvalue weighted by Crippen LogP contribution is 2.32. The van der Waals surface area contributed by atoms with Gasteiger partial charge >= 0.3 is 0 Å². The number of para-hydroxylation sites is 2. The molecule has 100 valence electrons. The van der Waals surface area contributed by atoms with Crippen LogP contribution in [-0.2, 0) is 6.54 Å². The first-order valence-corrected chi connectivity index (χ1v) is 6.82. The molecule has 0 aliphatic carbocycles. The largest absolute Gasteiger partial charge is 0.491 e. The van der Waals surface area contributed by atoms with Crippen LogP contribution < -0.4 is 10.1 Å². The lowest BCUT2D eigenvalue weighted by Crippen LogP contribution is -2.21. The van der Waals surface area contributed by atoms with Gasteiger partial charge in [0, 0.05) is 23.1 Å². The van der Waals surface area contributed by atoms with E-state index < -0.39 is 0 Å². The maximum Gasteiger partial charge on any atom is 0.134 e. The van der Waals surface area contributed by atoms with Crippen LogP contribution in [0.4, 0.5) is 0 Å². The second-order valence-electron chi connectivity index (χ2n) is 5.04. The molecule has 3 heteroatoms. The van der Waals surface area contributed by atoms with Crippen molar-refractivity contribution in [2.24, 2.45) is 0 Å². The van der Waals surface area contributed by atoms with E-state index in [9.17, 15) is 0 Å². The summed E-state index contributed by atoms with van der Waals surface area (Å²) in [6, 6.07) is 16.6. The van der Waals surface area contributed by atoms with Crippen molar-refractivity contribution in [1.29, 1.82) is 0 Å². The Bertz CT molecular complexity index is 747. The quantitative estimate of drug-likeness (QED) is 0.785. The Balaban J connectivity index is 1.54. The van der Waals surface area contributed by atoms with Crippen molar-refractivity contribution in [2.45, 2.75) is 12.6 Å². The van der Waals surface area contributed by atoms with Crippen molar-refractivity contribution >= 4 is 11.0 Å². The summed E-state index contributed by atoms with van der Waals surface area (Å²) < 4.78 is 11.2. The van der Waals surface area contributed by atoms with Crippen LogP contribution >= 0.6 is 0 Å². The maximum atomic E-state index is 5.68. The fourth-order valence-electron chi connectivity index (χ4n) is 2.73. The Morgan fingerprint density at radius 3 is 2.90 bits per heavy atom. The van der Waals surface area contributed by atoms with Crippen molar-refractivity contribution in [1.82, 2.24) is 5.32 Å². The zero-order valence-electron chi connectivity index (χ0n) is 11.0. The molecule has 0 saturated carbocycles. The predicted octanol–water partition coefficient (Wildman–Crippen LogP) is 3.66. The maximum absolute atomic E-state index is 5.68. The minimum Gasteiger partial charge on any atom is -0.491 e. The third kappa shape index (κ3) is 1.87. The Labute approximate surface area is 117 Å². The van der Waals surface area contributed by atoms with Crippen LogP contribution in [0.5, 0.6) is 5.75 Å². The molecule has 1 N–H and O–H groups in total. The Morgan fingerprint density at radius 2 is 1.90 bits per heavy atom. The predicted molar refractivity (Wildman–Crippen MR) is 77.7 cm³/mol. The van der Waals surface area contributed by atoms with Gasteiger partial charge in [-0.05, 0) is 12.1 Å². The van der Waals surface area contributed by atoms with Gasteiger partial charge in [0.15, 0.2) is 0 Å². The first kappa shape index (κ1) is 11.6. The van der Waals surface area contributed by atoms with E-state index in [1.54, 1.807) is 0 Å². The summed E-state index contributed by atoms with van der Waals surface area (Å²) in [6.07, 6.45) is 1.83. The molecule has 0 radical (unpaired) electrons. The molecule has 1 aromatic heterocycles. The number of furan rings is 1. The topological polar surface area (TPSA) is 34.4 Å². The summed E-state index contributed by atoms with van der Waals surface area (Å²) in [5, 5.41) is 4.72. The van der Waals surface area contributed by atoms with Crippen molar-refractivity contribution in [3.63, 3.8) is 0 Å². The number of ether oxygens (including phenoxy) is 1. The minimum absolute atomic E-state index is 0.250. The molecule has 3 nitrogen and oxygen atoms in total. The standard InChI is InChI=1S/C17H15NO2/c1-3-7-16-13(5-1)12(10-19-16)9-18-15-11-20-17-8-4-2-6-14(15)17/h1-8,10,15,18H,9,11H2. The fraction of sp³-hybridized carbons (Fsp3) is 0.176. The monoisotopic (exact) mass is 265 g/mol. The average molecular weight is 265 g/mol. The molecule has 2 heterocycles. The molecule has 2 aromatic carbocycles. The lowest BCUT2D eigenvalue weighted by Gasteiger charge is -2.10. The number of rotatable bonds is 3. The lowest BCUT2D eigenvalue weighted by molar-refractivity contribution is 0.310. The van der Waals surface area contributed by atoms with Crippen LogP contribution in [0, 0.1) is 0 Å². The molecule has 1 atom stereocenters. The van der Waals surface area contributed by atoms with Gasteiger partial charge in [0.25, 0.3) is 0 Å². The van der Waals surface area contributed by atoms with E-state index in [-0.39, 0.29) is 6.04 Å². The number of hydrogen-bond acceptors (Lipinski definition) is 3. The van der Waals surface area contributed by atoms with Gasteiger partial charge in [-0.15, -0.1) is 0 Å². The molecular formula is C17H15NO2. The van der Waals surface area contributed by atoms with Crippen LogP contribution in [0.1, 0.15) is 17.2 Å². The summed E-state index contributed by atoms with van der Waals surface area (Å²) in [4.78, 5) is 0. The average Bonchev–Trinajstić information content (AvgIpc) is 3.09. The highest BCUT2D eigenvalue weighted by Gasteiger charge is 2.23. The van der Waals surface area contributed by atoms with Crippen molar-refractivity contribution < 1.29 is 9.15 Å². The van der Waals surface area contributed by atoms with Crippen LogP contribution in [0.3, 0.4) is 0 Å². The molecule has 20 heavy (non-hydrogen) atoms. The lowest BCUT2D eigenvalue weighted by atomic mass is 10.1. The van der Waals surface area contributed by atoms with Crippen LogP contribution in [0.15, 0.2) is 59.2 Å². The second-order valence-corrected chi connectivity index (χ2v) is 5.04. The van der Waals surface area contributed by atoms with E-state index in [2.05, 4.69) is 23.5 Å². The third-order valence-corrected chi connectivity index (χ3v) is 3.80. The minimum atomic E-state index is 0.250. The molecule has 0 saturated heterocycles. The van der Waals surface area contributed by atoms with Crippen molar-refractivity contribution in [3.8, 4) is 5.75 Å². The van der Waals surface area contributed by atoms with Crippen molar-refractivity contribution in [2.75, 3.05) is 6.61 Å². The van der Waals surface area contributed by atoms with Gasteiger partial charge in [-0.1, -0.05) is 36.4 Å². The molecule has 0 amide bonds. The highest BCUT2D eigenvalue weighted by molar-refractivity contribution is 5.80. The van der Waals surface area contributed by atoms with Gasteiger partial charge < -0.3 is 14.5 Å². The molecule has 0 fully saturated rings. The molecule has 1 aliphatic rings. The zero-order chi connectivity index (χ0) is 13.4. The Hall–Kier alpha value is -2.26. The van der Waals surface area contributed by atoms with Gasteiger partial charge in [-0.25, -0.2) is 0 Å². The van der Waals surface area contributed by atoms with E-state index in [0.717, 1.165) is 17.9 Å². The first-order chi connectivity index (χ1) is 9.92. The molecule has 3 aromatic rings. The van der Waals surface area contributed by atoms with Crippen LogP contribution in [0.2, 0.25) is 0 Å². The van der Waals surface area contributed by atoms with E-state index in [0.29, 0.717) is 6.61 Å². The molecule has 0 bridgehead atoms. The fourth-order valence-corrected chi connectivity index (χ4v) is 2.73. The van der Waals surface area contributed by atoms with Gasteiger partial charge in [0.1, 0.15) is 17.9 Å². The van der Waals surface area contributed by atoms with E-state index in [1.165, 1.54) is 16.5 Å². The summed E-state index contributed by atoms with van der Waals surface area (Å²) in [5.41, 5.74) is 3.36. The van der Waals surface area contributed by atoms with Crippen LogP contribution in [0.25, 0.3) is 11.0 Å². The third-order valence-electron chi connectivity index (χ3n) is 3.80. The summed E-state index contributed by atoms with van der Waals surface area (Å²) >= 11 is 0.